The molecule has 0 aliphatic rings. The Hall–Kier alpha value is -0.950. The maximum absolute atomic E-state index is 10.7. The fourth-order valence-corrected chi connectivity index (χ4v) is 1.60. The molecule has 18 heavy (non-hydrogen) atoms. The van der Waals surface area contributed by atoms with Crippen molar-refractivity contribution >= 4 is 11.1 Å². The first kappa shape index (κ1) is 15.1. The summed E-state index contributed by atoms with van der Waals surface area (Å²) in [6.45, 7) is 4.70. The largest absolute Gasteiger partial charge is 0.491 e. The molecule has 0 radical (unpaired) electrons. The third-order valence-corrected chi connectivity index (χ3v) is 2.77. The van der Waals surface area contributed by atoms with Crippen LogP contribution in [0.3, 0.4) is 0 Å². The second-order valence-electron chi connectivity index (χ2n) is 3.38. The Morgan fingerprint density at radius 1 is 1.06 bits per heavy atom. The lowest BCUT2D eigenvalue weighted by atomic mass is 10.3. The summed E-state index contributed by atoms with van der Waals surface area (Å²) in [6.07, 6.45) is 0. The van der Waals surface area contributed by atoms with Crippen LogP contribution in [0.4, 0.5) is 0 Å². The Labute approximate surface area is 109 Å². The minimum absolute atomic E-state index is 0.357. The van der Waals surface area contributed by atoms with Crippen LogP contribution in [0.25, 0.3) is 0 Å². The van der Waals surface area contributed by atoms with Crippen LogP contribution in [-0.2, 0) is 20.6 Å². The van der Waals surface area contributed by atoms with Crippen molar-refractivity contribution in [1.29, 1.82) is 0 Å². The lowest BCUT2D eigenvalue weighted by Gasteiger charge is -2.07. The number of rotatable bonds is 9. The van der Waals surface area contributed by atoms with E-state index in [1.54, 1.807) is 24.3 Å². The summed E-state index contributed by atoms with van der Waals surface area (Å²) < 4.78 is 35.4. The average Bonchev–Trinajstić information content (AvgIpc) is 2.38. The molecular formula is C12H18O5S. The summed E-state index contributed by atoms with van der Waals surface area (Å²) in [4.78, 5) is 0.357. The van der Waals surface area contributed by atoms with E-state index in [2.05, 4.69) is 0 Å². The van der Waals surface area contributed by atoms with Crippen LogP contribution >= 0.6 is 0 Å². The molecule has 102 valence electrons. The van der Waals surface area contributed by atoms with Gasteiger partial charge in [0.05, 0.1) is 24.7 Å². The van der Waals surface area contributed by atoms with Crippen molar-refractivity contribution in [1.82, 2.24) is 0 Å². The summed E-state index contributed by atoms with van der Waals surface area (Å²) >= 11 is -1.94. The molecule has 0 aromatic heterocycles. The van der Waals surface area contributed by atoms with Crippen LogP contribution in [0.1, 0.15) is 6.92 Å². The van der Waals surface area contributed by atoms with E-state index in [4.69, 9.17) is 18.8 Å². The molecule has 0 saturated heterocycles. The lowest BCUT2D eigenvalue weighted by molar-refractivity contribution is 0.0405. The summed E-state index contributed by atoms with van der Waals surface area (Å²) in [6, 6.07) is 6.43. The minimum Gasteiger partial charge on any atom is -0.491 e. The van der Waals surface area contributed by atoms with E-state index in [0.29, 0.717) is 43.7 Å². The zero-order valence-corrected chi connectivity index (χ0v) is 11.1. The molecule has 0 bridgehead atoms. The first-order valence-corrected chi connectivity index (χ1v) is 6.84. The third kappa shape index (κ3) is 6.11. The molecule has 1 aromatic carbocycles. The maximum Gasteiger partial charge on any atom is 0.186 e. The zero-order chi connectivity index (χ0) is 13.2. The highest BCUT2D eigenvalue weighted by Gasteiger charge is 1.99. The predicted octanol–water partition coefficient (Wildman–Crippen LogP) is 1.70. The molecule has 1 N–H and O–H groups in total. The molecule has 0 heterocycles. The highest BCUT2D eigenvalue weighted by Crippen LogP contribution is 2.13. The van der Waals surface area contributed by atoms with Crippen LogP contribution in [0.15, 0.2) is 29.2 Å². The Morgan fingerprint density at radius 3 is 2.28 bits per heavy atom. The van der Waals surface area contributed by atoms with Gasteiger partial charge in [-0.1, -0.05) is 0 Å². The Balaban J connectivity index is 2.14. The second-order valence-corrected chi connectivity index (χ2v) is 4.35. The van der Waals surface area contributed by atoms with Gasteiger partial charge in [-0.2, -0.15) is 0 Å². The van der Waals surface area contributed by atoms with E-state index in [9.17, 15) is 4.21 Å². The van der Waals surface area contributed by atoms with E-state index >= 15 is 0 Å². The van der Waals surface area contributed by atoms with Crippen molar-refractivity contribution in [2.45, 2.75) is 11.8 Å². The molecule has 1 aromatic rings. The number of ether oxygens (including phenoxy) is 3. The molecule has 5 nitrogen and oxygen atoms in total. The van der Waals surface area contributed by atoms with E-state index < -0.39 is 11.1 Å². The summed E-state index contributed by atoms with van der Waals surface area (Å²) in [7, 11) is 0. The molecule has 1 rings (SSSR count). The van der Waals surface area contributed by atoms with Gasteiger partial charge in [-0.15, -0.1) is 0 Å². The van der Waals surface area contributed by atoms with Crippen LogP contribution in [0.5, 0.6) is 5.75 Å². The van der Waals surface area contributed by atoms with E-state index in [-0.39, 0.29) is 0 Å². The van der Waals surface area contributed by atoms with E-state index in [1.165, 1.54) is 0 Å². The van der Waals surface area contributed by atoms with Gasteiger partial charge in [0.2, 0.25) is 0 Å². The summed E-state index contributed by atoms with van der Waals surface area (Å²) in [5.41, 5.74) is 0. The van der Waals surface area contributed by atoms with Crippen molar-refractivity contribution in [3.8, 4) is 5.75 Å². The number of hydrogen-bond donors (Lipinski definition) is 1. The topological polar surface area (TPSA) is 65.0 Å². The Morgan fingerprint density at radius 2 is 1.67 bits per heavy atom. The fourth-order valence-electron chi connectivity index (χ4n) is 1.23. The standard InChI is InChI=1S/C12H18O5S/c1-2-15-7-8-16-9-10-17-11-3-5-12(6-4-11)18(13)14/h3-6H,2,7-10H2,1H3,(H,13,14). The second kappa shape index (κ2) is 9.04. The predicted molar refractivity (Wildman–Crippen MR) is 68.3 cm³/mol. The van der Waals surface area contributed by atoms with Gasteiger partial charge in [-0.25, -0.2) is 4.21 Å². The Bertz CT molecular complexity index is 352. The van der Waals surface area contributed by atoms with E-state index in [1.807, 2.05) is 6.92 Å². The molecular weight excluding hydrogens is 256 g/mol. The SMILES string of the molecule is CCOCCOCCOc1ccc(S(=O)O)cc1. The van der Waals surface area contributed by atoms with Gasteiger partial charge in [-0.05, 0) is 31.2 Å². The van der Waals surface area contributed by atoms with Gasteiger partial charge in [0.15, 0.2) is 11.1 Å². The van der Waals surface area contributed by atoms with Crippen LogP contribution in [-0.4, -0.2) is 41.8 Å². The molecule has 0 spiro atoms. The van der Waals surface area contributed by atoms with Crippen LogP contribution in [0, 0.1) is 0 Å². The normalized spacial score (nSPS) is 12.3. The summed E-state index contributed by atoms with van der Waals surface area (Å²) in [5.74, 6) is 0.651. The molecule has 0 amide bonds. The van der Waals surface area contributed by atoms with Gasteiger partial charge >= 0.3 is 0 Å². The minimum atomic E-state index is -1.94. The first-order chi connectivity index (χ1) is 8.74. The van der Waals surface area contributed by atoms with Crippen LogP contribution in [0.2, 0.25) is 0 Å². The first-order valence-electron chi connectivity index (χ1n) is 5.73. The number of hydrogen-bond acceptors (Lipinski definition) is 4. The highest BCUT2D eigenvalue weighted by atomic mass is 32.2. The monoisotopic (exact) mass is 274 g/mol. The van der Waals surface area contributed by atoms with Gasteiger partial charge in [-0.3, -0.25) is 0 Å². The smallest absolute Gasteiger partial charge is 0.186 e. The van der Waals surface area contributed by atoms with Crippen molar-refractivity contribution < 1.29 is 23.0 Å². The molecule has 0 aliphatic heterocycles. The molecule has 1 unspecified atom stereocenters. The lowest BCUT2D eigenvalue weighted by Crippen LogP contribution is -2.10. The Kier molecular flexibility index (Phi) is 7.59. The molecule has 0 saturated carbocycles. The van der Waals surface area contributed by atoms with Crippen molar-refractivity contribution in [2.75, 3.05) is 33.0 Å². The van der Waals surface area contributed by atoms with Crippen molar-refractivity contribution in [3.63, 3.8) is 0 Å². The third-order valence-electron chi connectivity index (χ3n) is 2.10. The van der Waals surface area contributed by atoms with Crippen molar-refractivity contribution in [2.24, 2.45) is 0 Å². The summed E-state index contributed by atoms with van der Waals surface area (Å²) in [5, 5.41) is 0. The van der Waals surface area contributed by atoms with Gasteiger partial charge in [0.25, 0.3) is 0 Å². The average molecular weight is 274 g/mol. The fraction of sp³-hybridized carbons (Fsp3) is 0.500. The van der Waals surface area contributed by atoms with Crippen LogP contribution < -0.4 is 4.74 Å². The van der Waals surface area contributed by atoms with Gasteiger partial charge < -0.3 is 18.8 Å². The zero-order valence-electron chi connectivity index (χ0n) is 10.3. The molecule has 6 heteroatoms. The van der Waals surface area contributed by atoms with E-state index in [0.717, 1.165) is 0 Å². The highest BCUT2D eigenvalue weighted by molar-refractivity contribution is 7.79. The molecule has 0 aliphatic carbocycles. The number of benzene rings is 1. The van der Waals surface area contributed by atoms with Gasteiger partial charge in [0, 0.05) is 6.61 Å². The molecule has 1 atom stereocenters. The quantitative estimate of drug-likeness (QED) is 0.548. The maximum atomic E-state index is 10.7. The molecule has 0 fully saturated rings. The van der Waals surface area contributed by atoms with Crippen molar-refractivity contribution in [3.05, 3.63) is 24.3 Å². The van der Waals surface area contributed by atoms with Gasteiger partial charge in [0.1, 0.15) is 12.4 Å².